The van der Waals surface area contributed by atoms with E-state index in [2.05, 4.69) is 0 Å². The monoisotopic (exact) mass is 178 g/mol. The Balaban J connectivity index is 2.54. The number of hydrogen-bond acceptors (Lipinski definition) is 5. The molecule has 0 aromatic heterocycles. The van der Waals surface area contributed by atoms with Crippen molar-refractivity contribution >= 4 is 5.91 Å². The Morgan fingerprint density at radius 3 is 2.50 bits per heavy atom. The first-order valence-corrected chi connectivity index (χ1v) is 3.07. The molecule has 1 heterocycles. The van der Waals surface area contributed by atoms with E-state index in [-0.39, 0.29) is 4.87 Å². The van der Waals surface area contributed by atoms with Gasteiger partial charge in [-0.25, -0.2) is 0 Å². The molecule has 0 aromatic carbocycles. The van der Waals surface area contributed by atoms with Gasteiger partial charge in [0.15, 0.2) is 0 Å². The molecule has 4 N–H and O–H groups in total. The van der Waals surface area contributed by atoms with Gasteiger partial charge in [0.2, 0.25) is 0 Å². The van der Waals surface area contributed by atoms with E-state index in [0.717, 1.165) is 0 Å². The molecule has 0 radical (unpaired) electrons. The standard InChI is InChI=1S/C4H8N3O5/c8-3-1-7(12)5-6(3)2-4(9,10)11/h9-11H,1-2H2,(H,5,12)/q+1. The Bertz CT molecular complexity index is 221. The number of amides is 1. The first-order chi connectivity index (χ1) is 5.38. The first-order valence-electron chi connectivity index (χ1n) is 3.07. The number of nitroso groups, excluding NO2 is 1. The van der Waals surface area contributed by atoms with Gasteiger partial charge in [0.05, 0.1) is 4.91 Å². The number of carbonyl (C=O) groups is 1. The normalized spacial score (nSPS) is 18.4. The van der Waals surface area contributed by atoms with Gasteiger partial charge in [-0.05, 0) is 0 Å². The van der Waals surface area contributed by atoms with Crippen LogP contribution in [-0.2, 0) is 4.79 Å². The van der Waals surface area contributed by atoms with E-state index in [1.807, 2.05) is 5.53 Å². The molecule has 0 aromatic rings. The molecular weight excluding hydrogens is 170 g/mol. The molecule has 0 bridgehead atoms. The third-order valence-corrected chi connectivity index (χ3v) is 1.18. The molecule has 0 saturated carbocycles. The summed E-state index contributed by atoms with van der Waals surface area (Å²) in [4.78, 5) is 21.4. The minimum Gasteiger partial charge on any atom is -0.342 e. The molecule has 8 nitrogen and oxygen atoms in total. The smallest absolute Gasteiger partial charge is 0.319 e. The first kappa shape index (κ1) is 8.84. The fraction of sp³-hybridized carbons (Fsp3) is 0.750. The van der Waals surface area contributed by atoms with Crippen LogP contribution in [0.2, 0.25) is 0 Å². The van der Waals surface area contributed by atoms with E-state index in [9.17, 15) is 9.70 Å². The second-order valence-electron chi connectivity index (χ2n) is 2.39. The maximum Gasteiger partial charge on any atom is 0.319 e. The van der Waals surface area contributed by atoms with Crippen LogP contribution in [0.5, 0.6) is 0 Å². The van der Waals surface area contributed by atoms with Crippen molar-refractivity contribution < 1.29 is 25.0 Å². The van der Waals surface area contributed by atoms with Crippen LogP contribution in [0.1, 0.15) is 0 Å². The van der Waals surface area contributed by atoms with Crippen molar-refractivity contribution in [1.29, 1.82) is 0 Å². The maximum absolute atomic E-state index is 10.8. The van der Waals surface area contributed by atoms with Gasteiger partial charge in [-0.1, -0.05) is 5.53 Å². The van der Waals surface area contributed by atoms with Crippen LogP contribution in [0.4, 0.5) is 0 Å². The zero-order valence-electron chi connectivity index (χ0n) is 5.97. The van der Waals surface area contributed by atoms with E-state index in [1.165, 1.54) is 0 Å². The Hall–Kier alpha value is -1.25. The van der Waals surface area contributed by atoms with Gasteiger partial charge in [-0.2, -0.15) is 5.01 Å². The molecule has 0 aliphatic carbocycles. The highest BCUT2D eigenvalue weighted by atomic mass is 16.7. The van der Waals surface area contributed by atoms with Crippen LogP contribution in [0.25, 0.3) is 0 Å². The van der Waals surface area contributed by atoms with Crippen molar-refractivity contribution in [2.24, 2.45) is 0 Å². The predicted molar refractivity (Wildman–Crippen MR) is 32.7 cm³/mol. The second-order valence-corrected chi connectivity index (χ2v) is 2.39. The highest BCUT2D eigenvalue weighted by Gasteiger charge is 2.38. The van der Waals surface area contributed by atoms with Gasteiger partial charge < -0.3 is 15.3 Å². The molecule has 8 heteroatoms. The number of rotatable bonds is 2. The summed E-state index contributed by atoms with van der Waals surface area (Å²) in [5.41, 5.74) is 1.94. The summed E-state index contributed by atoms with van der Waals surface area (Å²) in [6.07, 6.45) is 0. The lowest BCUT2D eigenvalue weighted by Gasteiger charge is -2.17. The van der Waals surface area contributed by atoms with Crippen molar-refractivity contribution in [2.45, 2.75) is 5.97 Å². The molecule has 1 rings (SSSR count). The summed E-state index contributed by atoms with van der Waals surface area (Å²) >= 11 is 0. The van der Waals surface area contributed by atoms with E-state index in [0.29, 0.717) is 5.01 Å². The summed E-state index contributed by atoms with van der Waals surface area (Å²) in [6.45, 7) is -1.21. The van der Waals surface area contributed by atoms with Gasteiger partial charge in [0.25, 0.3) is 5.97 Å². The molecule has 1 saturated heterocycles. The minimum absolute atomic E-state index is 0.202. The largest absolute Gasteiger partial charge is 0.342 e. The van der Waals surface area contributed by atoms with E-state index >= 15 is 0 Å². The Morgan fingerprint density at radius 2 is 2.17 bits per heavy atom. The fourth-order valence-electron chi connectivity index (χ4n) is 0.770. The topological polar surface area (TPSA) is 113 Å². The third kappa shape index (κ3) is 2.12. The summed E-state index contributed by atoms with van der Waals surface area (Å²) in [7, 11) is 0. The van der Waals surface area contributed by atoms with Gasteiger partial charge in [-0.3, -0.25) is 4.79 Å². The number of aliphatic hydroxyl groups is 3. The van der Waals surface area contributed by atoms with Crippen LogP contribution in [0.15, 0.2) is 0 Å². The second kappa shape index (κ2) is 2.66. The van der Waals surface area contributed by atoms with Gasteiger partial charge >= 0.3 is 12.5 Å². The Labute approximate surface area is 66.5 Å². The van der Waals surface area contributed by atoms with Crippen molar-refractivity contribution in [2.75, 3.05) is 13.1 Å². The molecule has 12 heavy (non-hydrogen) atoms. The predicted octanol–water partition coefficient (Wildman–Crippen LogP) is -3.34. The number of hydrogen-bond donors (Lipinski definition) is 4. The van der Waals surface area contributed by atoms with Crippen LogP contribution in [-0.4, -0.2) is 50.2 Å². The number of hydrazine groups is 2. The molecule has 1 aliphatic heterocycles. The number of β-amino-alcohol motifs (C(OH)–C–C–N with tert-alkyl or cyclic N) is 3. The van der Waals surface area contributed by atoms with Gasteiger partial charge in [-0.15, -0.1) is 0 Å². The van der Waals surface area contributed by atoms with Crippen LogP contribution in [0, 0.1) is 4.91 Å². The van der Waals surface area contributed by atoms with Gasteiger partial charge in [0, 0.05) is 0 Å². The Kier molecular flexibility index (Phi) is 1.96. The quantitative estimate of drug-likeness (QED) is 0.259. The Morgan fingerprint density at radius 1 is 1.58 bits per heavy atom. The molecule has 68 valence electrons. The average molecular weight is 178 g/mol. The van der Waals surface area contributed by atoms with Crippen LogP contribution < -0.4 is 5.53 Å². The molecule has 1 amide bonds. The number of nitrogens with one attached hydrogen (secondary N) is 1. The van der Waals surface area contributed by atoms with Crippen molar-refractivity contribution in [3.63, 3.8) is 0 Å². The highest BCUT2D eigenvalue weighted by molar-refractivity contribution is 5.77. The van der Waals surface area contributed by atoms with E-state index in [4.69, 9.17) is 15.3 Å². The lowest BCUT2D eigenvalue weighted by atomic mass is 10.5. The van der Waals surface area contributed by atoms with Gasteiger partial charge in [0.1, 0.15) is 11.4 Å². The molecule has 0 unspecified atom stereocenters. The zero-order chi connectivity index (χ0) is 9.35. The van der Waals surface area contributed by atoms with Crippen molar-refractivity contribution in [1.82, 2.24) is 10.5 Å². The van der Waals surface area contributed by atoms with Crippen LogP contribution >= 0.6 is 0 Å². The molecule has 1 fully saturated rings. The summed E-state index contributed by atoms with van der Waals surface area (Å²) in [6, 6.07) is 0. The maximum atomic E-state index is 10.8. The fourth-order valence-corrected chi connectivity index (χ4v) is 0.770. The average Bonchev–Trinajstić information content (AvgIpc) is 2.06. The van der Waals surface area contributed by atoms with E-state index < -0.39 is 25.0 Å². The summed E-state index contributed by atoms with van der Waals surface area (Å²) in [5, 5.41) is 25.9. The highest BCUT2D eigenvalue weighted by Crippen LogP contribution is 2.00. The lowest BCUT2D eigenvalue weighted by Crippen LogP contribution is -2.48. The van der Waals surface area contributed by atoms with E-state index in [1.54, 1.807) is 0 Å². The molecule has 0 spiro atoms. The van der Waals surface area contributed by atoms with Crippen molar-refractivity contribution in [3.05, 3.63) is 4.91 Å². The SMILES string of the molecule is O=C1C[N+](=O)NN1CC(O)(O)O. The van der Waals surface area contributed by atoms with Crippen LogP contribution in [0.3, 0.4) is 0 Å². The number of carbonyl (C=O) groups excluding carboxylic acids is 1. The van der Waals surface area contributed by atoms with Crippen molar-refractivity contribution in [3.8, 4) is 0 Å². The third-order valence-electron chi connectivity index (χ3n) is 1.18. The number of nitrogens with zero attached hydrogens (tertiary/aromatic N) is 2. The minimum atomic E-state index is -2.99. The molecular formula is C4H8N3O5+. The molecule has 1 aliphatic rings. The lowest BCUT2D eigenvalue weighted by molar-refractivity contribution is -0.602. The zero-order valence-corrected chi connectivity index (χ0v) is 5.97. The summed E-state index contributed by atoms with van der Waals surface area (Å²) < 4.78 is 0. The summed E-state index contributed by atoms with van der Waals surface area (Å²) in [5.74, 6) is -3.64. The molecule has 0 atom stereocenters.